The van der Waals surface area contributed by atoms with E-state index >= 15 is 0 Å². The molecule has 1 heterocycles. The number of aliphatic imine (C=N–C) groups is 1. The van der Waals surface area contributed by atoms with Gasteiger partial charge < -0.3 is 21.1 Å². The molecule has 0 spiro atoms. The minimum absolute atomic E-state index is 0.375. The fourth-order valence-corrected chi connectivity index (χ4v) is 2.98. The van der Waals surface area contributed by atoms with Crippen LogP contribution >= 0.6 is 0 Å². The summed E-state index contributed by atoms with van der Waals surface area (Å²) in [6.45, 7) is 9.97. The molecule has 4 N–H and O–H groups in total. The number of anilines is 1. The summed E-state index contributed by atoms with van der Waals surface area (Å²) in [6.07, 6.45) is 2.47. The number of nitrogen functional groups attached to an aromatic ring is 1. The van der Waals surface area contributed by atoms with E-state index in [0.717, 1.165) is 37.6 Å². The molecule has 2 rings (SSSR count). The van der Waals surface area contributed by atoms with Gasteiger partial charge in [-0.3, -0.25) is 4.99 Å². The van der Waals surface area contributed by atoms with Crippen LogP contribution in [0.3, 0.4) is 0 Å². The van der Waals surface area contributed by atoms with Gasteiger partial charge in [-0.25, -0.2) is 4.68 Å². The van der Waals surface area contributed by atoms with E-state index in [1.54, 1.807) is 4.68 Å². The van der Waals surface area contributed by atoms with Crippen LogP contribution in [0, 0.1) is 17.2 Å². The first-order chi connectivity index (χ1) is 15.1. The van der Waals surface area contributed by atoms with Gasteiger partial charge in [0.25, 0.3) is 0 Å². The highest BCUT2D eigenvalue weighted by molar-refractivity contribution is 5.79. The number of rotatable bonds is 12. The lowest BCUT2D eigenvalue weighted by Gasteiger charge is -2.12. The molecule has 8 heteroatoms. The largest absolute Gasteiger partial charge is 0.382 e. The van der Waals surface area contributed by atoms with Crippen LogP contribution in [0.1, 0.15) is 44.9 Å². The molecular weight excluding hydrogens is 390 g/mol. The van der Waals surface area contributed by atoms with Gasteiger partial charge in [0, 0.05) is 26.2 Å². The molecule has 0 saturated heterocycles. The average molecular weight is 426 g/mol. The Morgan fingerprint density at radius 3 is 2.71 bits per heavy atom. The summed E-state index contributed by atoms with van der Waals surface area (Å²) in [4.78, 5) is 4.61. The van der Waals surface area contributed by atoms with E-state index in [1.807, 2.05) is 37.3 Å². The van der Waals surface area contributed by atoms with Gasteiger partial charge in [-0.1, -0.05) is 32.0 Å². The first kappa shape index (κ1) is 24.2. The molecule has 168 valence electrons. The molecule has 0 amide bonds. The van der Waals surface area contributed by atoms with Crippen LogP contribution < -0.4 is 16.4 Å². The number of nitrogens with zero attached hydrogens (tertiary/aromatic N) is 4. The first-order valence-electron chi connectivity index (χ1n) is 11.0. The van der Waals surface area contributed by atoms with Gasteiger partial charge in [-0.2, -0.15) is 10.4 Å². The monoisotopic (exact) mass is 425 g/mol. The van der Waals surface area contributed by atoms with Crippen LogP contribution in [-0.4, -0.2) is 48.6 Å². The van der Waals surface area contributed by atoms with Crippen molar-refractivity contribution in [2.24, 2.45) is 10.9 Å². The van der Waals surface area contributed by atoms with Gasteiger partial charge in [0.15, 0.2) is 5.96 Å². The summed E-state index contributed by atoms with van der Waals surface area (Å²) in [6, 6.07) is 11.8. The maximum atomic E-state index is 9.52. The zero-order valence-corrected chi connectivity index (χ0v) is 18.9. The van der Waals surface area contributed by atoms with Crippen molar-refractivity contribution in [1.29, 1.82) is 5.26 Å². The smallest absolute Gasteiger partial charge is 0.191 e. The van der Waals surface area contributed by atoms with E-state index in [4.69, 9.17) is 10.5 Å². The minimum atomic E-state index is 0.375. The third-order valence-electron chi connectivity index (χ3n) is 4.67. The molecule has 0 unspecified atom stereocenters. The number of hydrogen-bond donors (Lipinski definition) is 3. The number of aromatic nitrogens is 2. The number of nitrogens with two attached hydrogens (primary N) is 1. The van der Waals surface area contributed by atoms with Gasteiger partial charge in [0.1, 0.15) is 17.5 Å². The maximum absolute atomic E-state index is 9.52. The van der Waals surface area contributed by atoms with Crippen LogP contribution in [-0.2, 0) is 11.2 Å². The number of hydrogen-bond acceptors (Lipinski definition) is 5. The van der Waals surface area contributed by atoms with E-state index in [9.17, 15) is 5.26 Å². The molecule has 31 heavy (non-hydrogen) atoms. The Morgan fingerprint density at radius 1 is 1.26 bits per heavy atom. The molecule has 0 fully saturated rings. The summed E-state index contributed by atoms with van der Waals surface area (Å²) in [5.41, 5.74) is 8.15. The quantitative estimate of drug-likeness (QED) is 0.274. The standard InChI is InChI=1S/C23H35N7O/c1-4-26-23(28-14-16-31-15-12-18(2)3)27-13-8-11-21-20(17-24)22(25)30(29-21)19-9-6-5-7-10-19/h5-7,9-10,18H,4,8,11-16,25H2,1-3H3,(H2,26,27,28). The molecule has 0 bridgehead atoms. The van der Waals surface area contributed by atoms with Gasteiger partial charge in [0.2, 0.25) is 0 Å². The number of benzene rings is 1. The molecule has 0 atom stereocenters. The van der Waals surface area contributed by atoms with Crippen LogP contribution in [0.5, 0.6) is 0 Å². The lowest BCUT2D eigenvalue weighted by molar-refractivity contribution is 0.128. The first-order valence-corrected chi connectivity index (χ1v) is 11.0. The van der Waals surface area contributed by atoms with E-state index < -0.39 is 0 Å². The van der Waals surface area contributed by atoms with Crippen molar-refractivity contribution in [1.82, 2.24) is 20.4 Å². The van der Waals surface area contributed by atoms with Crippen molar-refractivity contribution in [2.75, 3.05) is 38.6 Å². The molecule has 0 radical (unpaired) electrons. The topological polar surface area (TPSA) is 113 Å². The normalized spacial score (nSPS) is 11.5. The fraction of sp³-hybridized carbons (Fsp3) is 0.522. The molecule has 1 aromatic carbocycles. The van der Waals surface area contributed by atoms with E-state index in [2.05, 4.69) is 40.6 Å². The summed E-state index contributed by atoms with van der Waals surface area (Å²) in [7, 11) is 0. The molecule has 8 nitrogen and oxygen atoms in total. The molecule has 2 aromatic rings. The Bertz CT molecular complexity index is 853. The Morgan fingerprint density at radius 2 is 2.03 bits per heavy atom. The third kappa shape index (κ3) is 7.95. The molecule has 0 aliphatic carbocycles. The molecule has 0 saturated carbocycles. The third-order valence-corrected chi connectivity index (χ3v) is 4.67. The Kier molecular flexibility index (Phi) is 10.4. The number of para-hydroxylation sites is 1. The number of nitriles is 1. The van der Waals surface area contributed by atoms with Crippen LogP contribution in [0.25, 0.3) is 5.69 Å². The predicted octanol–water partition coefficient (Wildman–Crippen LogP) is 2.88. The summed E-state index contributed by atoms with van der Waals surface area (Å²) < 4.78 is 7.26. The lowest BCUT2D eigenvalue weighted by Crippen LogP contribution is -2.39. The summed E-state index contributed by atoms with van der Waals surface area (Å²) in [5.74, 6) is 1.80. The summed E-state index contributed by atoms with van der Waals surface area (Å²) >= 11 is 0. The molecule has 0 aliphatic rings. The van der Waals surface area contributed by atoms with Gasteiger partial charge in [-0.15, -0.1) is 0 Å². The van der Waals surface area contributed by atoms with E-state index in [1.165, 1.54) is 0 Å². The minimum Gasteiger partial charge on any atom is -0.382 e. The van der Waals surface area contributed by atoms with Crippen molar-refractivity contribution < 1.29 is 4.74 Å². The van der Waals surface area contributed by atoms with Gasteiger partial charge >= 0.3 is 0 Å². The second-order valence-corrected chi connectivity index (χ2v) is 7.65. The fourth-order valence-electron chi connectivity index (χ4n) is 2.98. The van der Waals surface area contributed by atoms with Crippen molar-refractivity contribution in [3.8, 4) is 11.8 Å². The van der Waals surface area contributed by atoms with Crippen LogP contribution in [0.15, 0.2) is 35.3 Å². The summed E-state index contributed by atoms with van der Waals surface area (Å²) in [5, 5.41) is 20.6. The number of ether oxygens (including phenoxy) is 1. The Labute approximate surface area is 185 Å². The van der Waals surface area contributed by atoms with Gasteiger partial charge in [0.05, 0.1) is 18.0 Å². The van der Waals surface area contributed by atoms with Crippen molar-refractivity contribution >= 4 is 11.8 Å². The molecule has 0 aliphatic heterocycles. The average Bonchev–Trinajstić information content (AvgIpc) is 3.09. The van der Waals surface area contributed by atoms with E-state index in [-0.39, 0.29) is 0 Å². The van der Waals surface area contributed by atoms with Crippen molar-refractivity contribution in [3.05, 3.63) is 41.6 Å². The van der Waals surface area contributed by atoms with Gasteiger partial charge in [-0.05, 0) is 44.2 Å². The highest BCUT2D eigenvalue weighted by atomic mass is 16.5. The highest BCUT2D eigenvalue weighted by Crippen LogP contribution is 2.21. The zero-order chi connectivity index (χ0) is 22.5. The number of aryl methyl sites for hydroxylation is 1. The molecular formula is C23H35N7O. The van der Waals surface area contributed by atoms with Crippen molar-refractivity contribution in [2.45, 2.75) is 40.0 Å². The SMILES string of the molecule is CCNC(=NCCCc1nn(-c2ccccc2)c(N)c1C#N)NCCOCCC(C)C. The lowest BCUT2D eigenvalue weighted by atomic mass is 10.1. The van der Waals surface area contributed by atoms with E-state index in [0.29, 0.717) is 49.1 Å². The zero-order valence-electron chi connectivity index (χ0n) is 18.9. The number of nitrogens with one attached hydrogen (secondary N) is 2. The predicted molar refractivity (Wildman–Crippen MR) is 125 cm³/mol. The maximum Gasteiger partial charge on any atom is 0.191 e. The van der Waals surface area contributed by atoms with Crippen molar-refractivity contribution in [3.63, 3.8) is 0 Å². The Hall–Kier alpha value is -3.05. The highest BCUT2D eigenvalue weighted by Gasteiger charge is 2.16. The second kappa shape index (κ2) is 13.3. The number of guanidine groups is 1. The molecule has 1 aromatic heterocycles. The Balaban J connectivity index is 1.86. The van der Waals surface area contributed by atoms with Crippen LogP contribution in [0.2, 0.25) is 0 Å². The van der Waals surface area contributed by atoms with Crippen LogP contribution in [0.4, 0.5) is 5.82 Å². The second-order valence-electron chi connectivity index (χ2n) is 7.65.